The van der Waals surface area contributed by atoms with E-state index in [9.17, 15) is 18.0 Å². The lowest BCUT2D eigenvalue weighted by molar-refractivity contribution is 0.0988. The van der Waals surface area contributed by atoms with E-state index in [0.29, 0.717) is 10.9 Å². The molecule has 4 rings (SSSR count). The van der Waals surface area contributed by atoms with E-state index in [2.05, 4.69) is 32.5 Å². The number of primary amides is 1. The number of aromatic amines is 1. The van der Waals surface area contributed by atoms with Gasteiger partial charge in [-0.15, -0.1) is 0 Å². The van der Waals surface area contributed by atoms with Gasteiger partial charge in [-0.05, 0) is 18.1 Å². The van der Waals surface area contributed by atoms with E-state index in [0.717, 1.165) is 6.07 Å². The van der Waals surface area contributed by atoms with Crippen molar-refractivity contribution >= 4 is 22.6 Å². The molecule has 2 heterocycles. The van der Waals surface area contributed by atoms with Crippen LogP contribution in [-0.2, 0) is 0 Å². The number of amides is 1. The number of fused-ring (bicyclic) bond motifs is 1. The number of nitrogens with zero attached hydrogens (tertiary/aromatic N) is 3. The van der Waals surface area contributed by atoms with E-state index in [1.807, 2.05) is 0 Å². The molecule has 0 aliphatic heterocycles. The van der Waals surface area contributed by atoms with Crippen LogP contribution in [0.3, 0.4) is 0 Å². The summed E-state index contributed by atoms with van der Waals surface area (Å²) in [5.41, 5.74) is 5.84. The van der Waals surface area contributed by atoms with Gasteiger partial charge in [-0.1, -0.05) is 5.92 Å². The van der Waals surface area contributed by atoms with Crippen molar-refractivity contribution in [3.8, 4) is 11.8 Å². The van der Waals surface area contributed by atoms with E-state index < -0.39 is 23.7 Å². The van der Waals surface area contributed by atoms with Crippen LogP contribution in [0.15, 0.2) is 18.3 Å². The Morgan fingerprint density at radius 1 is 1.44 bits per heavy atom. The number of carbonyl (C=O) groups is 1. The molecule has 7 nitrogen and oxygen atoms in total. The number of hydrogen-bond donors (Lipinski definition) is 3. The molecule has 2 aromatic heterocycles. The van der Waals surface area contributed by atoms with E-state index in [-0.39, 0.29) is 29.1 Å². The maximum absolute atomic E-state index is 14.3. The maximum atomic E-state index is 14.3. The zero-order chi connectivity index (χ0) is 19.3. The van der Waals surface area contributed by atoms with Crippen molar-refractivity contribution in [1.82, 2.24) is 20.0 Å². The number of benzene rings is 1. The molecule has 27 heavy (non-hydrogen) atoms. The zero-order valence-corrected chi connectivity index (χ0v) is 14.0. The van der Waals surface area contributed by atoms with Crippen molar-refractivity contribution in [1.29, 1.82) is 0 Å². The molecule has 3 aromatic rings. The lowest BCUT2D eigenvalue weighted by atomic mass is 10.1. The van der Waals surface area contributed by atoms with Crippen LogP contribution in [0.2, 0.25) is 0 Å². The van der Waals surface area contributed by atoms with Gasteiger partial charge in [-0.2, -0.15) is 10.2 Å². The Morgan fingerprint density at radius 3 is 2.81 bits per heavy atom. The Hall–Kier alpha value is -3.48. The smallest absolute Gasteiger partial charge is 0.272 e. The Morgan fingerprint density at radius 2 is 2.19 bits per heavy atom. The summed E-state index contributed by atoms with van der Waals surface area (Å²) >= 11 is 0. The lowest BCUT2D eigenvalue weighted by Gasteiger charge is -2.03. The highest BCUT2D eigenvalue weighted by Gasteiger charge is 2.59. The molecule has 1 atom stereocenters. The molecule has 1 saturated carbocycles. The van der Waals surface area contributed by atoms with Gasteiger partial charge >= 0.3 is 0 Å². The number of nitrogens with one attached hydrogen (secondary N) is 2. The Labute approximate surface area is 150 Å². The molecule has 1 unspecified atom stereocenters. The highest BCUT2D eigenvalue weighted by Crippen LogP contribution is 2.53. The standard InChI is InChI=1S/C17H13F3N6O/c1-22-16-14(15(21)27)11(24-25-16)4-2-8-9-7-23-26(13-6-17(13,19)20)12(9)5-3-10(8)18/h3,5,7,13H,6H2,1H3,(H2,21,27)(H2,22,24,25). The van der Waals surface area contributed by atoms with E-state index in [1.165, 1.54) is 16.9 Å². The number of halogens is 3. The summed E-state index contributed by atoms with van der Waals surface area (Å²) in [6.07, 6.45) is 1.00. The van der Waals surface area contributed by atoms with Crippen LogP contribution in [0.1, 0.15) is 34.1 Å². The predicted octanol–water partition coefficient (Wildman–Crippen LogP) is 2.02. The summed E-state index contributed by atoms with van der Waals surface area (Å²) in [4.78, 5) is 11.6. The van der Waals surface area contributed by atoms with Gasteiger partial charge in [0.05, 0.1) is 17.3 Å². The summed E-state index contributed by atoms with van der Waals surface area (Å²) < 4.78 is 42.2. The predicted molar refractivity (Wildman–Crippen MR) is 90.9 cm³/mol. The summed E-state index contributed by atoms with van der Waals surface area (Å²) in [5.74, 6) is 1.28. The van der Waals surface area contributed by atoms with Gasteiger partial charge in [0.15, 0.2) is 5.82 Å². The van der Waals surface area contributed by atoms with Crippen molar-refractivity contribution in [3.63, 3.8) is 0 Å². The average Bonchev–Trinajstić information content (AvgIpc) is 3.00. The number of rotatable bonds is 3. The molecule has 0 saturated heterocycles. The van der Waals surface area contributed by atoms with E-state index in [1.54, 1.807) is 7.05 Å². The number of anilines is 1. The lowest BCUT2D eigenvalue weighted by Crippen LogP contribution is -2.13. The van der Waals surface area contributed by atoms with Crippen molar-refractivity contribution in [2.45, 2.75) is 18.4 Å². The van der Waals surface area contributed by atoms with Crippen LogP contribution in [0, 0.1) is 17.7 Å². The topological polar surface area (TPSA) is 102 Å². The molecule has 10 heteroatoms. The molecular weight excluding hydrogens is 361 g/mol. The van der Waals surface area contributed by atoms with Crippen LogP contribution in [-0.4, -0.2) is 38.9 Å². The van der Waals surface area contributed by atoms with Crippen LogP contribution >= 0.6 is 0 Å². The van der Waals surface area contributed by atoms with Gasteiger partial charge in [0.25, 0.3) is 11.8 Å². The summed E-state index contributed by atoms with van der Waals surface area (Å²) in [5, 5.41) is 13.4. The molecule has 1 aliphatic carbocycles. The fourth-order valence-electron chi connectivity index (χ4n) is 2.91. The number of hydrogen-bond acceptors (Lipinski definition) is 4. The highest BCUT2D eigenvalue weighted by atomic mass is 19.3. The summed E-state index contributed by atoms with van der Waals surface area (Å²) in [6.45, 7) is 0. The second-order valence-electron chi connectivity index (χ2n) is 6.11. The molecule has 0 radical (unpaired) electrons. The van der Waals surface area contributed by atoms with Gasteiger partial charge in [0.1, 0.15) is 23.1 Å². The minimum Gasteiger partial charge on any atom is -0.371 e. The van der Waals surface area contributed by atoms with Gasteiger partial charge in [-0.25, -0.2) is 13.2 Å². The van der Waals surface area contributed by atoms with Crippen LogP contribution in [0.25, 0.3) is 10.9 Å². The number of nitrogens with two attached hydrogens (primary N) is 1. The Kier molecular flexibility index (Phi) is 3.62. The van der Waals surface area contributed by atoms with Gasteiger partial charge in [0, 0.05) is 18.9 Å². The largest absolute Gasteiger partial charge is 0.371 e. The number of H-pyrrole nitrogens is 1. The normalized spacial score (nSPS) is 17.4. The number of alkyl halides is 2. The maximum Gasteiger partial charge on any atom is 0.272 e. The SMILES string of the molecule is CNc1n[nH]c(C#Cc2c(F)ccc3c2cnn3C2CC2(F)F)c1C(N)=O. The molecule has 1 aliphatic rings. The van der Waals surface area contributed by atoms with Gasteiger partial charge in [-0.3, -0.25) is 14.6 Å². The fraction of sp³-hybridized carbons (Fsp3) is 0.235. The Bertz CT molecular complexity index is 1140. The molecule has 0 bridgehead atoms. The molecule has 1 fully saturated rings. The first-order valence-electron chi connectivity index (χ1n) is 7.95. The van der Waals surface area contributed by atoms with Gasteiger partial charge in [0.2, 0.25) is 0 Å². The third-order valence-corrected chi connectivity index (χ3v) is 4.38. The van der Waals surface area contributed by atoms with Crippen LogP contribution in [0.4, 0.5) is 19.0 Å². The van der Waals surface area contributed by atoms with Crippen LogP contribution in [0.5, 0.6) is 0 Å². The van der Waals surface area contributed by atoms with Crippen molar-refractivity contribution in [2.75, 3.05) is 12.4 Å². The van der Waals surface area contributed by atoms with E-state index in [4.69, 9.17) is 5.73 Å². The first kappa shape index (κ1) is 17.0. The minimum absolute atomic E-state index is 0.0151. The van der Waals surface area contributed by atoms with Crippen molar-refractivity contribution < 1.29 is 18.0 Å². The quantitative estimate of drug-likeness (QED) is 0.611. The third-order valence-electron chi connectivity index (χ3n) is 4.38. The number of aromatic nitrogens is 4. The summed E-state index contributed by atoms with van der Waals surface area (Å²) in [6, 6.07) is 1.50. The second kappa shape index (κ2) is 5.77. The zero-order valence-electron chi connectivity index (χ0n) is 14.0. The first-order chi connectivity index (χ1) is 12.8. The molecular formula is C17H13F3N6O. The molecule has 1 aromatic carbocycles. The second-order valence-corrected chi connectivity index (χ2v) is 6.11. The molecule has 138 valence electrons. The van der Waals surface area contributed by atoms with Gasteiger partial charge < -0.3 is 11.1 Å². The molecule has 0 spiro atoms. The average molecular weight is 374 g/mol. The fourth-order valence-corrected chi connectivity index (χ4v) is 2.91. The minimum atomic E-state index is -2.81. The monoisotopic (exact) mass is 374 g/mol. The summed E-state index contributed by atoms with van der Waals surface area (Å²) in [7, 11) is 1.56. The molecule has 4 N–H and O–H groups in total. The first-order valence-corrected chi connectivity index (χ1v) is 7.95. The third kappa shape index (κ3) is 2.68. The van der Waals surface area contributed by atoms with Crippen LogP contribution < -0.4 is 11.1 Å². The van der Waals surface area contributed by atoms with Crippen molar-refractivity contribution in [2.24, 2.45) is 5.73 Å². The molecule has 1 amide bonds. The van der Waals surface area contributed by atoms with E-state index >= 15 is 0 Å². The number of carbonyl (C=O) groups excluding carboxylic acids is 1. The highest BCUT2D eigenvalue weighted by molar-refractivity contribution is 6.00. The Balaban J connectivity index is 1.81. The van der Waals surface area contributed by atoms with Crippen molar-refractivity contribution in [3.05, 3.63) is 41.0 Å².